The molecule has 0 aliphatic carbocycles. The van der Waals surface area contributed by atoms with Crippen LogP contribution in [0.4, 0.5) is 0 Å². The standard InChI is InChI=1S/C10H18O4S2/c1-7(11)3-15-5-9(13)10(14)6-16-4-8(2)12/h9-10,13-14H,3-6H2,1-2H3. The van der Waals surface area contributed by atoms with Gasteiger partial charge in [-0.2, -0.15) is 23.5 Å². The van der Waals surface area contributed by atoms with E-state index in [2.05, 4.69) is 0 Å². The zero-order chi connectivity index (χ0) is 12.6. The smallest absolute Gasteiger partial charge is 0.139 e. The van der Waals surface area contributed by atoms with E-state index in [1.165, 1.54) is 37.4 Å². The minimum absolute atomic E-state index is 0.0534. The van der Waals surface area contributed by atoms with Gasteiger partial charge in [0.05, 0.1) is 23.7 Å². The Hall–Kier alpha value is -0.0400. The van der Waals surface area contributed by atoms with E-state index in [1.807, 2.05) is 0 Å². The summed E-state index contributed by atoms with van der Waals surface area (Å²) in [7, 11) is 0. The molecule has 0 aromatic heterocycles. The molecule has 0 aliphatic rings. The molecule has 2 unspecified atom stereocenters. The molecule has 2 N–H and O–H groups in total. The van der Waals surface area contributed by atoms with Crippen molar-refractivity contribution in [3.05, 3.63) is 0 Å². The van der Waals surface area contributed by atoms with Crippen LogP contribution in [0.15, 0.2) is 0 Å². The third kappa shape index (κ3) is 9.21. The van der Waals surface area contributed by atoms with E-state index in [4.69, 9.17) is 0 Å². The number of rotatable bonds is 9. The summed E-state index contributed by atoms with van der Waals surface area (Å²) in [5, 5.41) is 19.0. The Labute approximate surface area is 104 Å². The van der Waals surface area contributed by atoms with Crippen molar-refractivity contribution in [2.24, 2.45) is 0 Å². The van der Waals surface area contributed by atoms with Gasteiger partial charge in [0.2, 0.25) is 0 Å². The van der Waals surface area contributed by atoms with Gasteiger partial charge in [0, 0.05) is 11.5 Å². The number of thioether (sulfide) groups is 2. The van der Waals surface area contributed by atoms with E-state index in [0.29, 0.717) is 23.0 Å². The highest BCUT2D eigenvalue weighted by Gasteiger charge is 2.16. The highest BCUT2D eigenvalue weighted by Crippen LogP contribution is 2.11. The predicted octanol–water partition coefficient (Wildman–Crippen LogP) is 0.353. The molecule has 0 amide bonds. The monoisotopic (exact) mass is 266 g/mol. The molecule has 0 aromatic rings. The number of Topliss-reactive ketones (excluding diaryl/α,β-unsaturated/α-hetero) is 2. The van der Waals surface area contributed by atoms with Crippen molar-refractivity contribution in [1.29, 1.82) is 0 Å². The van der Waals surface area contributed by atoms with Crippen LogP contribution in [0, 0.1) is 0 Å². The molecule has 0 bridgehead atoms. The first-order chi connectivity index (χ1) is 7.43. The molecule has 4 nitrogen and oxygen atoms in total. The Kier molecular flexibility index (Phi) is 9.02. The summed E-state index contributed by atoms with van der Waals surface area (Å²) in [5.74, 6) is 1.48. The fourth-order valence-electron chi connectivity index (χ4n) is 0.869. The van der Waals surface area contributed by atoms with Crippen molar-refractivity contribution >= 4 is 35.1 Å². The molecule has 0 saturated carbocycles. The van der Waals surface area contributed by atoms with Gasteiger partial charge < -0.3 is 10.2 Å². The van der Waals surface area contributed by atoms with Gasteiger partial charge >= 0.3 is 0 Å². The molecule has 0 fully saturated rings. The van der Waals surface area contributed by atoms with Gasteiger partial charge in [0.15, 0.2) is 0 Å². The van der Waals surface area contributed by atoms with Crippen LogP contribution >= 0.6 is 23.5 Å². The third-order valence-corrected chi connectivity index (χ3v) is 4.01. The second-order valence-electron chi connectivity index (χ2n) is 3.57. The van der Waals surface area contributed by atoms with Crippen molar-refractivity contribution in [2.45, 2.75) is 26.1 Å². The van der Waals surface area contributed by atoms with Gasteiger partial charge in [0.25, 0.3) is 0 Å². The summed E-state index contributed by atoms with van der Waals surface area (Å²) < 4.78 is 0. The van der Waals surface area contributed by atoms with Crippen molar-refractivity contribution in [1.82, 2.24) is 0 Å². The third-order valence-electron chi connectivity index (χ3n) is 1.63. The first-order valence-corrected chi connectivity index (χ1v) is 7.25. The lowest BCUT2D eigenvalue weighted by atomic mass is 10.3. The van der Waals surface area contributed by atoms with Crippen LogP contribution in [0.5, 0.6) is 0 Å². The van der Waals surface area contributed by atoms with E-state index in [0.717, 1.165) is 0 Å². The summed E-state index contributed by atoms with van der Waals surface area (Å²) in [6, 6.07) is 0. The molecule has 6 heteroatoms. The number of ketones is 2. The summed E-state index contributed by atoms with van der Waals surface area (Å²) in [5.41, 5.74) is 0. The zero-order valence-electron chi connectivity index (χ0n) is 9.51. The highest BCUT2D eigenvalue weighted by atomic mass is 32.2. The fraction of sp³-hybridized carbons (Fsp3) is 0.800. The molecular weight excluding hydrogens is 248 g/mol. The lowest BCUT2D eigenvalue weighted by molar-refractivity contribution is -0.115. The minimum Gasteiger partial charge on any atom is -0.390 e. The SMILES string of the molecule is CC(=O)CSCC(O)C(O)CSCC(C)=O. The number of carbonyl (C=O) groups is 2. The van der Waals surface area contributed by atoms with Crippen LogP contribution in [-0.4, -0.2) is 57.0 Å². The van der Waals surface area contributed by atoms with Gasteiger partial charge in [-0.25, -0.2) is 0 Å². The maximum Gasteiger partial charge on any atom is 0.139 e. The van der Waals surface area contributed by atoms with Crippen LogP contribution in [0.25, 0.3) is 0 Å². The largest absolute Gasteiger partial charge is 0.390 e. The lowest BCUT2D eigenvalue weighted by Gasteiger charge is -2.16. The van der Waals surface area contributed by atoms with Crippen LogP contribution in [-0.2, 0) is 9.59 Å². The van der Waals surface area contributed by atoms with E-state index in [1.54, 1.807) is 0 Å². The van der Waals surface area contributed by atoms with Gasteiger partial charge in [0.1, 0.15) is 11.6 Å². The Morgan fingerprint density at radius 2 is 1.25 bits per heavy atom. The zero-order valence-corrected chi connectivity index (χ0v) is 11.1. The van der Waals surface area contributed by atoms with Gasteiger partial charge in [-0.05, 0) is 13.8 Å². The molecule has 0 aromatic carbocycles. The minimum atomic E-state index is -0.844. The summed E-state index contributed by atoms with van der Waals surface area (Å²) >= 11 is 2.60. The molecule has 0 radical (unpaired) electrons. The lowest BCUT2D eigenvalue weighted by Crippen LogP contribution is -2.30. The van der Waals surface area contributed by atoms with Crippen molar-refractivity contribution in [3.63, 3.8) is 0 Å². The van der Waals surface area contributed by atoms with Gasteiger partial charge in [-0.15, -0.1) is 0 Å². The van der Waals surface area contributed by atoms with Crippen molar-refractivity contribution < 1.29 is 19.8 Å². The molecule has 16 heavy (non-hydrogen) atoms. The molecule has 94 valence electrons. The second-order valence-corrected chi connectivity index (χ2v) is 5.63. The summed E-state index contributed by atoms with van der Waals surface area (Å²) in [6.07, 6.45) is -1.69. The Balaban J connectivity index is 3.60. The van der Waals surface area contributed by atoms with Gasteiger partial charge in [-0.1, -0.05) is 0 Å². The van der Waals surface area contributed by atoms with Crippen LogP contribution in [0.1, 0.15) is 13.8 Å². The van der Waals surface area contributed by atoms with E-state index in [-0.39, 0.29) is 11.6 Å². The van der Waals surface area contributed by atoms with Gasteiger partial charge in [-0.3, -0.25) is 9.59 Å². The molecule has 2 atom stereocenters. The molecular formula is C10H18O4S2. The fourth-order valence-corrected chi connectivity index (χ4v) is 2.61. The first-order valence-electron chi connectivity index (χ1n) is 4.94. The molecule has 0 rings (SSSR count). The molecule has 0 spiro atoms. The topological polar surface area (TPSA) is 74.6 Å². The maximum absolute atomic E-state index is 10.6. The van der Waals surface area contributed by atoms with E-state index >= 15 is 0 Å². The Morgan fingerprint density at radius 1 is 0.938 bits per heavy atom. The molecule has 0 heterocycles. The van der Waals surface area contributed by atoms with Crippen LogP contribution in [0.3, 0.4) is 0 Å². The quantitative estimate of drug-likeness (QED) is 0.627. The summed E-state index contributed by atoms with van der Waals surface area (Å²) in [6.45, 7) is 2.97. The highest BCUT2D eigenvalue weighted by molar-refractivity contribution is 8.00. The van der Waals surface area contributed by atoms with E-state index < -0.39 is 12.2 Å². The maximum atomic E-state index is 10.6. The van der Waals surface area contributed by atoms with E-state index in [9.17, 15) is 19.8 Å². The number of aliphatic hydroxyl groups excluding tert-OH is 2. The van der Waals surface area contributed by atoms with Crippen molar-refractivity contribution in [2.75, 3.05) is 23.0 Å². The predicted molar refractivity (Wildman–Crippen MR) is 68.0 cm³/mol. The number of carbonyl (C=O) groups excluding carboxylic acids is 2. The Bertz CT molecular complexity index is 209. The normalized spacial score (nSPS) is 14.5. The number of hydrogen-bond acceptors (Lipinski definition) is 6. The molecule has 0 aliphatic heterocycles. The summed E-state index contributed by atoms with van der Waals surface area (Å²) in [4.78, 5) is 21.3. The first kappa shape index (κ1) is 16.0. The number of aliphatic hydroxyl groups is 2. The van der Waals surface area contributed by atoms with Crippen LogP contribution in [0.2, 0.25) is 0 Å². The Morgan fingerprint density at radius 3 is 1.50 bits per heavy atom. The van der Waals surface area contributed by atoms with Crippen LogP contribution < -0.4 is 0 Å². The average Bonchev–Trinajstić information content (AvgIpc) is 2.16. The molecule has 0 saturated heterocycles. The second kappa shape index (κ2) is 9.04. The van der Waals surface area contributed by atoms with Crippen molar-refractivity contribution in [3.8, 4) is 0 Å². The number of hydrogen-bond donors (Lipinski definition) is 2. The average molecular weight is 266 g/mol.